The molecule has 0 bridgehead atoms. The van der Waals surface area contributed by atoms with Gasteiger partial charge in [-0.05, 0) is 82.5 Å². The minimum Gasteiger partial charge on any atom is -0.393 e. The van der Waals surface area contributed by atoms with Crippen molar-refractivity contribution in [1.82, 2.24) is 0 Å². The van der Waals surface area contributed by atoms with Crippen LogP contribution >= 0.6 is 0 Å². The second-order valence-electron chi connectivity index (χ2n) is 11.5. The minimum atomic E-state index is -0.838. The number of fused-ring (bicyclic) bond motifs is 5. The van der Waals surface area contributed by atoms with Crippen molar-refractivity contribution in [3.63, 3.8) is 0 Å². The van der Waals surface area contributed by atoms with Crippen LogP contribution in [-0.4, -0.2) is 45.8 Å². The Kier molecular flexibility index (Phi) is 5.45. The molecule has 0 spiro atoms. The van der Waals surface area contributed by atoms with E-state index in [2.05, 4.69) is 32.9 Å². The third-order valence-electron chi connectivity index (χ3n) is 9.19. The molecular formula is C26H42O4. The number of aliphatic hydroxyl groups excluding tert-OH is 2. The van der Waals surface area contributed by atoms with Gasteiger partial charge in [0.1, 0.15) is 0 Å². The molecule has 3 N–H and O–H groups in total. The molecule has 0 unspecified atom stereocenters. The molecule has 0 heterocycles. The van der Waals surface area contributed by atoms with E-state index in [1.807, 2.05) is 13.8 Å². The molecule has 0 aliphatic heterocycles. The van der Waals surface area contributed by atoms with Crippen molar-refractivity contribution < 1.29 is 21.4 Å². The van der Waals surface area contributed by atoms with Gasteiger partial charge in [-0.25, -0.2) is 0 Å². The van der Waals surface area contributed by atoms with Crippen molar-refractivity contribution in [1.29, 1.82) is 0 Å². The van der Waals surface area contributed by atoms with Crippen LogP contribution in [0.5, 0.6) is 0 Å². The lowest BCUT2D eigenvalue weighted by Gasteiger charge is -2.56. The van der Waals surface area contributed by atoms with Crippen LogP contribution in [0.1, 0.15) is 80.9 Å². The number of hydrogen-bond acceptors (Lipinski definition) is 4. The van der Waals surface area contributed by atoms with Gasteiger partial charge in [-0.3, -0.25) is 0 Å². The zero-order valence-corrected chi connectivity index (χ0v) is 19.4. The van der Waals surface area contributed by atoms with Crippen LogP contribution in [0.25, 0.3) is 0 Å². The molecule has 0 aromatic heterocycles. The van der Waals surface area contributed by atoms with E-state index in [1.165, 1.54) is 5.57 Å². The van der Waals surface area contributed by atoms with Gasteiger partial charge in [0.05, 0.1) is 23.9 Å². The van der Waals surface area contributed by atoms with Gasteiger partial charge in [-0.1, -0.05) is 37.1 Å². The molecule has 30 heavy (non-hydrogen) atoms. The van der Waals surface area contributed by atoms with Gasteiger partial charge in [0.15, 0.2) is 0 Å². The Morgan fingerprint density at radius 1 is 1.20 bits per heavy atom. The topological polar surface area (TPSA) is 69.9 Å². The number of hydrogen-bond donors (Lipinski definition) is 3. The van der Waals surface area contributed by atoms with Crippen LogP contribution in [0.2, 0.25) is 0 Å². The molecule has 0 radical (unpaired) electrons. The van der Waals surface area contributed by atoms with E-state index < -0.39 is 29.6 Å². The van der Waals surface area contributed by atoms with E-state index in [0.717, 1.165) is 31.3 Å². The van der Waals surface area contributed by atoms with Gasteiger partial charge in [-0.2, -0.15) is 0 Å². The molecule has 3 fully saturated rings. The Bertz CT molecular complexity index is 755. The molecule has 4 aliphatic rings. The number of allylic oxidation sites excluding steroid dienone is 3. The van der Waals surface area contributed by atoms with Crippen LogP contribution < -0.4 is 0 Å². The molecule has 4 rings (SSSR count). The van der Waals surface area contributed by atoms with Gasteiger partial charge < -0.3 is 20.1 Å². The van der Waals surface area contributed by atoms with Gasteiger partial charge >= 0.3 is 0 Å². The summed E-state index contributed by atoms with van der Waals surface area (Å²) >= 11 is 0. The maximum Gasteiger partial charge on any atom is 0.0661 e. The summed E-state index contributed by atoms with van der Waals surface area (Å²) in [6, 6.07) is 0. The fraction of sp³-hybridized carbons (Fsp3) is 0.846. The first-order valence-corrected chi connectivity index (χ1v) is 11.9. The lowest BCUT2D eigenvalue weighted by atomic mass is 9.49. The third kappa shape index (κ3) is 3.62. The predicted molar refractivity (Wildman–Crippen MR) is 119 cm³/mol. The number of rotatable bonds is 5. The van der Waals surface area contributed by atoms with Crippen molar-refractivity contribution >= 4 is 0 Å². The van der Waals surface area contributed by atoms with Crippen molar-refractivity contribution in [2.75, 3.05) is 6.61 Å². The third-order valence-corrected chi connectivity index (χ3v) is 9.19. The van der Waals surface area contributed by atoms with Crippen LogP contribution in [0.4, 0.5) is 0 Å². The molecule has 0 aromatic rings. The summed E-state index contributed by atoms with van der Waals surface area (Å²) in [6.45, 7) is 11.0. The molecule has 0 saturated heterocycles. The highest BCUT2D eigenvalue weighted by Gasteiger charge is 2.59. The second-order valence-corrected chi connectivity index (χ2v) is 11.5. The molecule has 0 aromatic carbocycles. The summed E-state index contributed by atoms with van der Waals surface area (Å²) in [5.74, 6) is 1.22. The van der Waals surface area contributed by atoms with Crippen LogP contribution in [0.3, 0.4) is 0 Å². The Hall–Kier alpha value is -0.680. The lowest BCUT2D eigenvalue weighted by Crippen LogP contribution is -2.52. The van der Waals surface area contributed by atoms with Crippen molar-refractivity contribution in [3.8, 4) is 0 Å². The van der Waals surface area contributed by atoms with Gasteiger partial charge in [0, 0.05) is 19.8 Å². The van der Waals surface area contributed by atoms with E-state index in [4.69, 9.17) is 6.11 Å². The summed E-state index contributed by atoms with van der Waals surface area (Å²) < 4.78 is 14.6. The summed E-state index contributed by atoms with van der Waals surface area (Å²) in [6.07, 6.45) is 7.68. The number of aliphatic hydroxyl groups is 3. The second kappa shape index (κ2) is 7.72. The maximum absolute atomic E-state index is 11.1. The Morgan fingerprint density at radius 3 is 2.63 bits per heavy atom. The molecule has 4 nitrogen and oxygen atoms in total. The zero-order valence-electron chi connectivity index (χ0n) is 20.4. The normalized spacial score (nSPS) is 47.4. The monoisotopic (exact) mass is 420 g/mol. The van der Waals surface area contributed by atoms with Crippen LogP contribution in [0, 0.1) is 28.6 Å². The van der Waals surface area contributed by atoms with Crippen LogP contribution in [-0.2, 0) is 4.74 Å². The first-order valence-electron chi connectivity index (χ1n) is 12.5. The van der Waals surface area contributed by atoms with Crippen molar-refractivity contribution in [2.24, 2.45) is 28.6 Å². The Labute approximate surface area is 183 Å². The summed E-state index contributed by atoms with van der Waals surface area (Å²) in [5, 5.41) is 31.4. The predicted octanol–water partition coefficient (Wildman–Crippen LogP) is 4.38. The molecule has 3 saturated carbocycles. The highest BCUT2D eigenvalue weighted by Crippen LogP contribution is 2.65. The molecular weight excluding hydrogens is 376 g/mol. The average Bonchev–Trinajstić information content (AvgIpc) is 3.04. The molecule has 170 valence electrons. The van der Waals surface area contributed by atoms with Gasteiger partial charge in [-0.15, -0.1) is 0 Å². The average molecular weight is 421 g/mol. The first-order chi connectivity index (χ1) is 14.4. The fourth-order valence-electron chi connectivity index (χ4n) is 7.28. The van der Waals surface area contributed by atoms with E-state index in [0.29, 0.717) is 31.3 Å². The SMILES string of the molecule is [3H][C@@H]1[C@H](O)CC2=CC=C3[C@@H]4CC[C@H]([C@H](C)OCCC(C)(C)O)[C@@]4(C)CC[C@@H]3[C@@]2(C)[C@H]1O. The summed E-state index contributed by atoms with van der Waals surface area (Å²) in [4.78, 5) is 0. The highest BCUT2D eigenvalue weighted by molar-refractivity contribution is 5.40. The minimum absolute atomic E-state index is 0.160. The molecule has 0 amide bonds. The maximum atomic E-state index is 11.1. The molecule has 4 aliphatic carbocycles. The van der Waals surface area contributed by atoms with E-state index >= 15 is 0 Å². The smallest absolute Gasteiger partial charge is 0.0661 e. The molecule has 9 atom stereocenters. The largest absolute Gasteiger partial charge is 0.393 e. The molecule has 4 heteroatoms. The van der Waals surface area contributed by atoms with Gasteiger partial charge in [0.2, 0.25) is 0 Å². The Morgan fingerprint density at radius 2 is 1.93 bits per heavy atom. The van der Waals surface area contributed by atoms with Crippen molar-refractivity contribution in [3.05, 3.63) is 23.3 Å². The Balaban J connectivity index is 1.55. The lowest BCUT2D eigenvalue weighted by molar-refractivity contribution is -0.0690. The standard InChI is InChI=1S/C26H42O4/c1-16(30-13-12-24(2,3)29)20-8-9-21-19-7-6-17-14-18(27)15-23(28)26(17,5)22(19)10-11-25(20,21)4/h6-7,16,18,20-23,27-29H,8-15H2,1-5H3/t16-,18+,20+,21-,22-,23-,25+,26-/m0/s1/i15T/t15-,16+,18-,20-,21+,22+,23+,25-,26+/m1. The van der Waals surface area contributed by atoms with E-state index in [1.54, 1.807) is 0 Å². The number of ether oxygens (including phenoxy) is 1. The van der Waals surface area contributed by atoms with E-state index in [-0.39, 0.29) is 17.4 Å². The van der Waals surface area contributed by atoms with E-state index in [9.17, 15) is 15.3 Å². The van der Waals surface area contributed by atoms with Crippen LogP contribution in [0.15, 0.2) is 23.3 Å². The first kappa shape index (κ1) is 21.2. The summed E-state index contributed by atoms with van der Waals surface area (Å²) in [7, 11) is 0. The van der Waals surface area contributed by atoms with Crippen molar-refractivity contribution in [2.45, 2.75) is 103 Å². The van der Waals surface area contributed by atoms with Gasteiger partial charge in [0.25, 0.3) is 0 Å². The zero-order chi connectivity index (χ0) is 22.8. The fourth-order valence-corrected chi connectivity index (χ4v) is 7.28. The quantitative estimate of drug-likeness (QED) is 0.617. The highest BCUT2D eigenvalue weighted by atomic mass is 16.5. The summed E-state index contributed by atoms with van der Waals surface area (Å²) in [5.41, 5.74) is 1.61.